The van der Waals surface area contributed by atoms with Crippen molar-refractivity contribution in [1.29, 1.82) is 0 Å². The van der Waals surface area contributed by atoms with Gasteiger partial charge in [-0.25, -0.2) is 0 Å². The van der Waals surface area contributed by atoms with Crippen LogP contribution in [-0.2, 0) is 0 Å². The summed E-state index contributed by atoms with van der Waals surface area (Å²) in [5.74, 6) is 0.523. The van der Waals surface area contributed by atoms with E-state index in [0.717, 1.165) is 44.3 Å². The van der Waals surface area contributed by atoms with E-state index >= 15 is 0 Å². The normalized spacial score (nSPS) is 17.4. The van der Waals surface area contributed by atoms with E-state index in [9.17, 15) is 0 Å². The molecule has 128 valence electrons. The predicted octanol–water partition coefficient (Wildman–Crippen LogP) is 2.16. The molecule has 0 amide bonds. The standard InChI is InChI=1S/C17H28ClN5/c1-17(2,3)21-16(19)20-7-8-22-9-11-23(12-10-22)15-6-4-5-14(18)13-15/h4-6,13H,7-12H2,1-3H3,(H3,19,20,21). The second kappa shape index (κ2) is 7.88. The van der Waals surface area contributed by atoms with E-state index < -0.39 is 0 Å². The minimum Gasteiger partial charge on any atom is -0.370 e. The van der Waals surface area contributed by atoms with Gasteiger partial charge in [-0.1, -0.05) is 17.7 Å². The minimum absolute atomic E-state index is 0.0455. The van der Waals surface area contributed by atoms with E-state index in [2.05, 4.69) is 46.9 Å². The molecule has 1 saturated heterocycles. The Kier molecular flexibility index (Phi) is 6.13. The second-order valence-corrected chi connectivity index (χ2v) is 7.39. The van der Waals surface area contributed by atoms with Gasteiger partial charge in [0.05, 0.1) is 6.54 Å². The Labute approximate surface area is 144 Å². The number of piperazine rings is 1. The highest BCUT2D eigenvalue weighted by atomic mass is 35.5. The first kappa shape index (κ1) is 17.9. The van der Waals surface area contributed by atoms with Crippen LogP contribution < -0.4 is 16.0 Å². The summed E-state index contributed by atoms with van der Waals surface area (Å²) in [4.78, 5) is 9.20. The minimum atomic E-state index is -0.0455. The monoisotopic (exact) mass is 337 g/mol. The van der Waals surface area contributed by atoms with Gasteiger partial charge in [0.2, 0.25) is 0 Å². The zero-order valence-corrected chi connectivity index (χ0v) is 15.1. The summed E-state index contributed by atoms with van der Waals surface area (Å²) < 4.78 is 0. The maximum Gasteiger partial charge on any atom is 0.189 e. The molecule has 0 atom stereocenters. The number of hydrogen-bond donors (Lipinski definition) is 2. The topological polar surface area (TPSA) is 56.9 Å². The first-order valence-electron chi connectivity index (χ1n) is 8.14. The molecule has 1 aliphatic heterocycles. The molecule has 5 nitrogen and oxygen atoms in total. The van der Waals surface area contributed by atoms with Gasteiger partial charge in [0.25, 0.3) is 0 Å². The molecule has 3 N–H and O–H groups in total. The SMILES string of the molecule is CC(C)(C)NC(N)=NCCN1CCN(c2cccc(Cl)c2)CC1. The van der Waals surface area contributed by atoms with Crippen LogP contribution in [0.2, 0.25) is 5.02 Å². The van der Waals surface area contributed by atoms with Gasteiger partial charge in [-0.15, -0.1) is 0 Å². The molecule has 0 unspecified atom stereocenters. The molecule has 1 aliphatic rings. The summed E-state index contributed by atoms with van der Waals surface area (Å²) >= 11 is 6.07. The van der Waals surface area contributed by atoms with Crippen molar-refractivity contribution in [2.75, 3.05) is 44.2 Å². The van der Waals surface area contributed by atoms with E-state index in [1.807, 2.05) is 18.2 Å². The number of nitrogens with one attached hydrogen (secondary N) is 1. The molecule has 0 radical (unpaired) electrons. The van der Waals surface area contributed by atoms with Crippen molar-refractivity contribution in [2.24, 2.45) is 10.7 Å². The van der Waals surface area contributed by atoms with Crippen LogP contribution in [0.25, 0.3) is 0 Å². The lowest BCUT2D eigenvalue weighted by Gasteiger charge is -2.36. The Bertz CT molecular complexity index is 530. The summed E-state index contributed by atoms with van der Waals surface area (Å²) in [5, 5.41) is 3.97. The van der Waals surface area contributed by atoms with E-state index in [1.165, 1.54) is 5.69 Å². The first-order valence-corrected chi connectivity index (χ1v) is 8.52. The Morgan fingerprint density at radius 3 is 2.57 bits per heavy atom. The van der Waals surface area contributed by atoms with Gasteiger partial charge in [0, 0.05) is 49.0 Å². The highest BCUT2D eigenvalue weighted by Gasteiger charge is 2.17. The van der Waals surface area contributed by atoms with Crippen LogP contribution in [0.15, 0.2) is 29.3 Å². The lowest BCUT2D eigenvalue weighted by Crippen LogP contribution is -2.48. The van der Waals surface area contributed by atoms with Gasteiger partial charge in [-0.2, -0.15) is 0 Å². The highest BCUT2D eigenvalue weighted by molar-refractivity contribution is 6.30. The smallest absolute Gasteiger partial charge is 0.189 e. The molecule has 0 bridgehead atoms. The number of rotatable bonds is 4. The fraction of sp³-hybridized carbons (Fsp3) is 0.588. The van der Waals surface area contributed by atoms with Gasteiger partial charge in [0.15, 0.2) is 5.96 Å². The quantitative estimate of drug-likeness (QED) is 0.653. The predicted molar refractivity (Wildman–Crippen MR) is 99.5 cm³/mol. The number of nitrogens with zero attached hydrogens (tertiary/aromatic N) is 3. The number of benzene rings is 1. The van der Waals surface area contributed by atoms with Crippen molar-refractivity contribution in [3.8, 4) is 0 Å². The maximum atomic E-state index is 6.07. The lowest BCUT2D eigenvalue weighted by molar-refractivity contribution is 0.265. The summed E-state index contributed by atoms with van der Waals surface area (Å²) in [7, 11) is 0. The number of nitrogens with two attached hydrogens (primary N) is 1. The third-order valence-corrected chi connectivity index (χ3v) is 3.98. The molecule has 0 aromatic heterocycles. The molecular formula is C17H28ClN5. The molecule has 6 heteroatoms. The number of guanidine groups is 1. The third-order valence-electron chi connectivity index (χ3n) is 3.75. The molecule has 0 saturated carbocycles. The lowest BCUT2D eigenvalue weighted by atomic mass is 10.1. The number of anilines is 1. The summed E-state index contributed by atoms with van der Waals surface area (Å²) in [6.07, 6.45) is 0. The van der Waals surface area contributed by atoms with Crippen LogP contribution in [-0.4, -0.2) is 55.7 Å². The van der Waals surface area contributed by atoms with Crippen molar-refractivity contribution in [3.63, 3.8) is 0 Å². The highest BCUT2D eigenvalue weighted by Crippen LogP contribution is 2.20. The Morgan fingerprint density at radius 1 is 1.26 bits per heavy atom. The third kappa shape index (κ3) is 6.28. The largest absolute Gasteiger partial charge is 0.370 e. The van der Waals surface area contributed by atoms with Crippen LogP contribution in [0.5, 0.6) is 0 Å². The Morgan fingerprint density at radius 2 is 1.96 bits per heavy atom. The molecule has 0 aliphatic carbocycles. The first-order chi connectivity index (χ1) is 10.8. The molecule has 0 spiro atoms. The van der Waals surface area contributed by atoms with Gasteiger partial charge in [0.1, 0.15) is 0 Å². The van der Waals surface area contributed by atoms with E-state index in [4.69, 9.17) is 17.3 Å². The van der Waals surface area contributed by atoms with Crippen LogP contribution >= 0.6 is 11.6 Å². The van der Waals surface area contributed by atoms with Crippen molar-refractivity contribution < 1.29 is 0 Å². The molecule has 1 fully saturated rings. The van der Waals surface area contributed by atoms with E-state index in [1.54, 1.807) is 0 Å². The van der Waals surface area contributed by atoms with Gasteiger partial charge in [-0.05, 0) is 39.0 Å². The van der Waals surface area contributed by atoms with Gasteiger partial charge in [-0.3, -0.25) is 9.89 Å². The second-order valence-electron chi connectivity index (χ2n) is 6.95. The van der Waals surface area contributed by atoms with Crippen molar-refractivity contribution in [3.05, 3.63) is 29.3 Å². The average Bonchev–Trinajstić information content (AvgIpc) is 2.46. The van der Waals surface area contributed by atoms with E-state index in [0.29, 0.717) is 5.96 Å². The van der Waals surface area contributed by atoms with E-state index in [-0.39, 0.29) is 5.54 Å². The molecule has 1 heterocycles. The van der Waals surface area contributed by atoms with Crippen LogP contribution in [0.1, 0.15) is 20.8 Å². The number of aliphatic imine (C=N–C) groups is 1. The fourth-order valence-corrected chi connectivity index (χ4v) is 2.82. The van der Waals surface area contributed by atoms with Crippen molar-refractivity contribution in [2.45, 2.75) is 26.3 Å². The van der Waals surface area contributed by atoms with Crippen LogP contribution in [0, 0.1) is 0 Å². The molecule has 23 heavy (non-hydrogen) atoms. The average molecular weight is 338 g/mol. The molecule has 1 aromatic carbocycles. The number of halogens is 1. The fourth-order valence-electron chi connectivity index (χ4n) is 2.64. The zero-order chi connectivity index (χ0) is 16.9. The molecule has 1 aromatic rings. The Hall–Kier alpha value is -1.46. The molecule has 2 rings (SSSR count). The summed E-state index contributed by atoms with van der Waals surface area (Å²) in [5.41, 5.74) is 7.04. The van der Waals surface area contributed by atoms with Gasteiger partial charge < -0.3 is 16.0 Å². The van der Waals surface area contributed by atoms with Crippen LogP contribution in [0.4, 0.5) is 5.69 Å². The molecular weight excluding hydrogens is 310 g/mol. The summed E-state index contributed by atoms with van der Waals surface area (Å²) in [6.45, 7) is 12.0. The Balaban J connectivity index is 1.74. The van der Waals surface area contributed by atoms with Gasteiger partial charge >= 0.3 is 0 Å². The van der Waals surface area contributed by atoms with Crippen molar-refractivity contribution >= 4 is 23.2 Å². The maximum absolute atomic E-state index is 6.07. The van der Waals surface area contributed by atoms with Crippen LogP contribution in [0.3, 0.4) is 0 Å². The van der Waals surface area contributed by atoms with Crippen molar-refractivity contribution in [1.82, 2.24) is 10.2 Å². The number of hydrogen-bond acceptors (Lipinski definition) is 3. The zero-order valence-electron chi connectivity index (χ0n) is 14.3. The summed E-state index contributed by atoms with van der Waals surface area (Å²) in [6, 6.07) is 8.06.